The van der Waals surface area contributed by atoms with Crippen LogP contribution in [0.25, 0.3) is 0 Å². The predicted octanol–water partition coefficient (Wildman–Crippen LogP) is 4.29. The molecule has 1 saturated carbocycles. The van der Waals surface area contributed by atoms with E-state index in [1.165, 1.54) is 25.3 Å². The number of ether oxygens (including phenoxy) is 2. The molecule has 20 heavy (non-hydrogen) atoms. The maximum Gasteiger partial charge on any atom is 0.387 e. The van der Waals surface area contributed by atoms with Gasteiger partial charge in [-0.2, -0.15) is 8.78 Å². The Kier molecular flexibility index (Phi) is 5.04. The molecule has 1 unspecified atom stereocenters. The monoisotopic (exact) mass is 285 g/mol. The number of hydrogen-bond acceptors (Lipinski definition) is 3. The van der Waals surface area contributed by atoms with Crippen LogP contribution in [0, 0.1) is 5.92 Å². The third-order valence-electron chi connectivity index (χ3n) is 3.72. The van der Waals surface area contributed by atoms with Crippen LogP contribution >= 0.6 is 0 Å². The molecule has 0 saturated heterocycles. The van der Waals surface area contributed by atoms with Crippen molar-refractivity contribution in [3.05, 3.63) is 18.2 Å². The van der Waals surface area contributed by atoms with Crippen LogP contribution in [0.3, 0.4) is 0 Å². The molecule has 0 bridgehead atoms. The zero-order chi connectivity index (χ0) is 14.5. The number of anilines is 1. The number of hydrogen-bond donors (Lipinski definition) is 1. The zero-order valence-electron chi connectivity index (χ0n) is 11.9. The molecule has 0 amide bonds. The van der Waals surface area contributed by atoms with Gasteiger partial charge < -0.3 is 14.8 Å². The summed E-state index contributed by atoms with van der Waals surface area (Å²) in [6.07, 6.45) is 4.89. The fourth-order valence-corrected chi connectivity index (χ4v) is 2.50. The highest BCUT2D eigenvalue weighted by Crippen LogP contribution is 2.34. The smallest absolute Gasteiger partial charge is 0.387 e. The summed E-state index contributed by atoms with van der Waals surface area (Å²) < 4.78 is 34.5. The van der Waals surface area contributed by atoms with E-state index in [-0.39, 0.29) is 11.8 Å². The van der Waals surface area contributed by atoms with Crippen LogP contribution in [0.5, 0.6) is 11.5 Å². The molecule has 3 nitrogen and oxygen atoms in total. The first-order valence-corrected chi connectivity index (χ1v) is 6.98. The molecule has 5 heteroatoms. The summed E-state index contributed by atoms with van der Waals surface area (Å²) in [5, 5.41) is 3.25. The Balaban J connectivity index is 2.05. The molecule has 1 N–H and O–H groups in total. The van der Waals surface area contributed by atoms with Gasteiger partial charge >= 0.3 is 6.61 Å². The van der Waals surface area contributed by atoms with E-state index in [0.717, 1.165) is 12.3 Å². The number of nitrogens with one attached hydrogen (secondary N) is 1. The van der Waals surface area contributed by atoms with E-state index in [2.05, 4.69) is 17.0 Å². The molecule has 1 fully saturated rings. The van der Waals surface area contributed by atoms with E-state index in [1.807, 2.05) is 0 Å². The van der Waals surface area contributed by atoms with Gasteiger partial charge in [0.25, 0.3) is 0 Å². The molecule has 1 aromatic rings. The highest BCUT2D eigenvalue weighted by atomic mass is 19.3. The lowest BCUT2D eigenvalue weighted by atomic mass is 9.81. The lowest BCUT2D eigenvalue weighted by Crippen LogP contribution is -2.23. The van der Waals surface area contributed by atoms with E-state index in [1.54, 1.807) is 19.2 Å². The minimum atomic E-state index is -2.83. The Bertz CT molecular complexity index is 436. The maximum atomic E-state index is 12.4. The van der Waals surface area contributed by atoms with Gasteiger partial charge in [0.2, 0.25) is 0 Å². The molecule has 1 aliphatic carbocycles. The Morgan fingerprint density at radius 3 is 2.65 bits per heavy atom. The van der Waals surface area contributed by atoms with Gasteiger partial charge in [-0.3, -0.25) is 0 Å². The summed E-state index contributed by atoms with van der Waals surface area (Å²) in [6, 6.07) is 5.02. The van der Waals surface area contributed by atoms with Crippen LogP contribution in [0.2, 0.25) is 0 Å². The number of halogens is 2. The van der Waals surface area contributed by atoms with Gasteiger partial charge in [0.05, 0.1) is 12.8 Å². The van der Waals surface area contributed by atoms with E-state index in [9.17, 15) is 8.78 Å². The molecule has 0 radical (unpaired) electrons. The summed E-state index contributed by atoms with van der Waals surface area (Å²) in [6.45, 7) is -0.768. The highest BCUT2D eigenvalue weighted by Gasteiger charge is 2.21. The third-order valence-corrected chi connectivity index (χ3v) is 3.72. The second kappa shape index (κ2) is 6.77. The lowest BCUT2D eigenvalue weighted by Gasteiger charge is -2.29. The van der Waals surface area contributed by atoms with E-state index in [0.29, 0.717) is 11.4 Å². The van der Waals surface area contributed by atoms with Crippen molar-refractivity contribution in [2.75, 3.05) is 12.4 Å². The fraction of sp³-hybridized carbons (Fsp3) is 0.600. The molecule has 112 valence electrons. The molecule has 0 heterocycles. The number of benzene rings is 1. The summed E-state index contributed by atoms with van der Waals surface area (Å²) >= 11 is 0. The van der Waals surface area contributed by atoms with Crippen LogP contribution in [-0.2, 0) is 0 Å². The average Bonchev–Trinajstić information content (AvgIpc) is 2.35. The van der Waals surface area contributed by atoms with Gasteiger partial charge in [0, 0.05) is 12.1 Å². The van der Waals surface area contributed by atoms with Crippen molar-refractivity contribution in [3.8, 4) is 11.5 Å². The Morgan fingerprint density at radius 2 is 2.10 bits per heavy atom. The van der Waals surface area contributed by atoms with Crippen LogP contribution < -0.4 is 14.8 Å². The van der Waals surface area contributed by atoms with Crippen molar-refractivity contribution in [3.63, 3.8) is 0 Å². The van der Waals surface area contributed by atoms with Gasteiger partial charge in [-0.15, -0.1) is 0 Å². The van der Waals surface area contributed by atoms with Gasteiger partial charge in [-0.25, -0.2) is 0 Å². The maximum absolute atomic E-state index is 12.4. The van der Waals surface area contributed by atoms with Gasteiger partial charge in [0.1, 0.15) is 11.5 Å². The second-order valence-corrected chi connectivity index (χ2v) is 5.32. The minimum absolute atomic E-state index is 0.154. The molecule has 0 spiro atoms. The van der Waals surface area contributed by atoms with E-state index < -0.39 is 6.61 Å². The molecule has 0 aliphatic heterocycles. The van der Waals surface area contributed by atoms with E-state index >= 15 is 0 Å². The second-order valence-electron chi connectivity index (χ2n) is 5.32. The van der Waals surface area contributed by atoms with Crippen molar-refractivity contribution in [2.24, 2.45) is 5.92 Å². The molecule has 1 atom stereocenters. The largest absolute Gasteiger partial charge is 0.497 e. The molecule has 2 rings (SSSR count). The van der Waals surface area contributed by atoms with Gasteiger partial charge in [-0.05, 0) is 31.4 Å². The normalized spacial score (nSPS) is 16.6. The summed E-state index contributed by atoms with van der Waals surface area (Å²) in [7, 11) is 1.55. The predicted molar refractivity (Wildman–Crippen MR) is 74.7 cm³/mol. The van der Waals surface area contributed by atoms with E-state index in [4.69, 9.17) is 4.74 Å². The first kappa shape index (κ1) is 14.9. The number of methoxy groups -OCH3 is 1. The molecule has 1 aromatic carbocycles. The number of rotatable bonds is 7. The minimum Gasteiger partial charge on any atom is -0.497 e. The average molecular weight is 285 g/mol. The first-order valence-electron chi connectivity index (χ1n) is 6.98. The molecule has 0 aromatic heterocycles. The summed E-state index contributed by atoms with van der Waals surface area (Å²) in [5.74, 6) is 1.52. The Labute approximate surface area is 118 Å². The van der Waals surface area contributed by atoms with Crippen molar-refractivity contribution < 1.29 is 18.3 Å². The van der Waals surface area contributed by atoms with Crippen molar-refractivity contribution in [1.82, 2.24) is 0 Å². The topological polar surface area (TPSA) is 30.5 Å². The van der Waals surface area contributed by atoms with Crippen LogP contribution in [0.4, 0.5) is 14.5 Å². The third kappa shape index (κ3) is 3.99. The van der Waals surface area contributed by atoms with Crippen molar-refractivity contribution in [1.29, 1.82) is 0 Å². The lowest BCUT2D eigenvalue weighted by molar-refractivity contribution is -0.0494. The first-order chi connectivity index (χ1) is 9.58. The standard InChI is InChI=1S/C15H21F2NO2/c1-10(8-11-4-3-5-11)18-13-9-12(19-2)6-7-14(13)20-15(16)17/h6-7,9-11,15,18H,3-5,8H2,1-2H3. The molecule has 1 aliphatic rings. The van der Waals surface area contributed by atoms with Gasteiger partial charge in [-0.1, -0.05) is 19.3 Å². The zero-order valence-corrected chi connectivity index (χ0v) is 11.9. The van der Waals surface area contributed by atoms with Crippen molar-refractivity contribution in [2.45, 2.75) is 45.3 Å². The summed E-state index contributed by atoms with van der Waals surface area (Å²) in [4.78, 5) is 0. The number of alkyl halides is 2. The van der Waals surface area contributed by atoms with Gasteiger partial charge in [0.15, 0.2) is 0 Å². The van der Waals surface area contributed by atoms with Crippen molar-refractivity contribution >= 4 is 5.69 Å². The quantitative estimate of drug-likeness (QED) is 0.810. The Hall–Kier alpha value is -1.52. The van der Waals surface area contributed by atoms with Crippen LogP contribution in [-0.4, -0.2) is 19.8 Å². The highest BCUT2D eigenvalue weighted by molar-refractivity contribution is 5.60. The molecular weight excluding hydrogens is 264 g/mol. The SMILES string of the molecule is COc1ccc(OC(F)F)c(NC(C)CC2CCC2)c1. The van der Waals surface area contributed by atoms with Crippen LogP contribution in [0.1, 0.15) is 32.6 Å². The fourth-order valence-electron chi connectivity index (χ4n) is 2.50. The molecular formula is C15H21F2NO2. The summed E-state index contributed by atoms with van der Waals surface area (Å²) in [5.41, 5.74) is 0.552. The Morgan fingerprint density at radius 1 is 1.35 bits per heavy atom. The van der Waals surface area contributed by atoms with Crippen LogP contribution in [0.15, 0.2) is 18.2 Å².